The summed E-state index contributed by atoms with van der Waals surface area (Å²) in [6, 6.07) is 0. The van der Waals surface area contributed by atoms with Gasteiger partial charge in [0, 0.05) is 32.1 Å². The van der Waals surface area contributed by atoms with Crippen molar-refractivity contribution in [2.75, 3.05) is 19.8 Å². The Morgan fingerprint density at radius 2 is 2.15 bits per heavy atom. The fraction of sp³-hybridized carbons (Fsp3) is 0.625. The number of nitrogens with zero attached hydrogens (tertiary/aromatic N) is 2. The molecule has 0 aliphatic carbocycles. The fourth-order valence-corrected chi connectivity index (χ4v) is 3.32. The van der Waals surface area contributed by atoms with Crippen molar-refractivity contribution in [2.24, 2.45) is 0 Å². The van der Waals surface area contributed by atoms with Gasteiger partial charge in [-0.25, -0.2) is 9.65 Å². The molecule has 0 unspecified atom stereocenters. The van der Waals surface area contributed by atoms with Crippen molar-refractivity contribution in [1.82, 2.24) is 14.6 Å². The van der Waals surface area contributed by atoms with Gasteiger partial charge in [-0.05, 0) is 0 Å². The Labute approximate surface area is 78.8 Å². The molecule has 0 aromatic carbocycles. The Bertz CT molecular complexity index is 292. The molecule has 0 bridgehead atoms. The molecule has 13 heavy (non-hydrogen) atoms. The Balaban J connectivity index is 2.94. The normalized spacial score (nSPS) is 16.0. The molecule has 1 atom stereocenters. The number of rotatable bonds is 4. The molecule has 1 heterocycles. The van der Waals surface area contributed by atoms with E-state index in [1.54, 1.807) is 19.1 Å². The molecule has 0 saturated carbocycles. The van der Waals surface area contributed by atoms with E-state index in [1.807, 2.05) is 18.5 Å². The maximum atomic E-state index is 12.3. The Morgan fingerprint density at radius 1 is 1.54 bits per heavy atom. The van der Waals surface area contributed by atoms with Crippen LogP contribution in [0.2, 0.25) is 0 Å². The summed E-state index contributed by atoms with van der Waals surface area (Å²) >= 11 is 0. The summed E-state index contributed by atoms with van der Waals surface area (Å²) in [5.74, 6) is 0. The van der Waals surface area contributed by atoms with Gasteiger partial charge in [0.25, 0.3) is 0 Å². The molecule has 1 rings (SSSR count). The number of aromatic amines is 1. The first-order valence-corrected chi connectivity index (χ1v) is 6.56. The molecule has 0 saturated heterocycles. The first-order chi connectivity index (χ1) is 6.12. The van der Waals surface area contributed by atoms with Gasteiger partial charge in [0.15, 0.2) is 5.57 Å². The van der Waals surface area contributed by atoms with Crippen molar-refractivity contribution in [1.29, 1.82) is 0 Å². The number of hydrogen-bond donors (Lipinski definition) is 1. The summed E-state index contributed by atoms with van der Waals surface area (Å²) in [6.07, 6.45) is 3.34. The molecular weight excluding hydrogens is 185 g/mol. The van der Waals surface area contributed by atoms with E-state index in [1.165, 1.54) is 0 Å². The highest BCUT2D eigenvalue weighted by molar-refractivity contribution is 7.68. The van der Waals surface area contributed by atoms with Crippen LogP contribution >= 0.6 is 7.29 Å². The predicted octanol–water partition coefficient (Wildman–Crippen LogP) is 1.28. The molecule has 0 aliphatic heterocycles. The molecule has 1 aromatic rings. The van der Waals surface area contributed by atoms with Crippen molar-refractivity contribution in [3.63, 3.8) is 0 Å². The first-order valence-electron chi connectivity index (χ1n) is 4.45. The number of nitrogens with one attached hydrogen (secondary N) is 1. The largest absolute Gasteiger partial charge is 0.341 e. The lowest BCUT2D eigenvalue weighted by molar-refractivity contribution is 0.454. The Kier molecular flexibility index (Phi) is 3.28. The monoisotopic (exact) mass is 201 g/mol. The van der Waals surface area contributed by atoms with E-state index in [4.69, 9.17) is 0 Å². The first kappa shape index (κ1) is 10.5. The molecule has 5 heteroatoms. The number of imidazole rings is 1. The summed E-state index contributed by atoms with van der Waals surface area (Å²) in [5.41, 5.74) is 0.594. The SMILES string of the molecule is CCN(CC)[P@](C)(=O)c1ncc[nH]1. The minimum Gasteiger partial charge on any atom is -0.341 e. The van der Waals surface area contributed by atoms with Gasteiger partial charge in [0.1, 0.15) is 0 Å². The second kappa shape index (κ2) is 4.07. The Hall–Kier alpha value is -0.600. The lowest BCUT2D eigenvalue weighted by Crippen LogP contribution is -2.27. The minimum atomic E-state index is -2.44. The number of H-pyrrole nitrogens is 1. The van der Waals surface area contributed by atoms with Gasteiger partial charge in [0.2, 0.25) is 7.29 Å². The number of aromatic nitrogens is 2. The summed E-state index contributed by atoms with van der Waals surface area (Å²) in [5, 5.41) is 0. The van der Waals surface area contributed by atoms with Crippen LogP contribution in [-0.2, 0) is 4.57 Å². The topological polar surface area (TPSA) is 49.0 Å². The van der Waals surface area contributed by atoms with Crippen LogP contribution in [0.4, 0.5) is 0 Å². The van der Waals surface area contributed by atoms with Gasteiger partial charge in [0.05, 0.1) is 0 Å². The van der Waals surface area contributed by atoms with E-state index in [2.05, 4.69) is 9.97 Å². The van der Waals surface area contributed by atoms with Crippen LogP contribution < -0.4 is 5.57 Å². The van der Waals surface area contributed by atoms with Crippen molar-refractivity contribution in [3.8, 4) is 0 Å². The smallest absolute Gasteiger partial charge is 0.209 e. The summed E-state index contributed by atoms with van der Waals surface area (Å²) in [7, 11) is -2.44. The van der Waals surface area contributed by atoms with Crippen LogP contribution in [-0.4, -0.2) is 34.4 Å². The van der Waals surface area contributed by atoms with Crippen molar-refractivity contribution < 1.29 is 4.57 Å². The molecule has 0 spiro atoms. The summed E-state index contributed by atoms with van der Waals surface area (Å²) in [4.78, 5) is 6.96. The molecule has 4 nitrogen and oxygen atoms in total. The fourth-order valence-electron chi connectivity index (χ4n) is 1.38. The average molecular weight is 201 g/mol. The molecular formula is C8H16N3OP. The van der Waals surface area contributed by atoms with Crippen LogP contribution in [0, 0.1) is 0 Å². The van der Waals surface area contributed by atoms with Crippen LogP contribution in [0.25, 0.3) is 0 Å². The van der Waals surface area contributed by atoms with Gasteiger partial charge in [-0.1, -0.05) is 13.8 Å². The highest BCUT2D eigenvalue weighted by Crippen LogP contribution is 2.42. The lowest BCUT2D eigenvalue weighted by Gasteiger charge is -2.24. The van der Waals surface area contributed by atoms with Gasteiger partial charge in [-0.15, -0.1) is 0 Å². The van der Waals surface area contributed by atoms with Gasteiger partial charge in [-0.2, -0.15) is 0 Å². The molecule has 0 amide bonds. The van der Waals surface area contributed by atoms with Crippen molar-refractivity contribution >= 4 is 12.9 Å². The molecule has 0 aliphatic rings. The highest BCUT2D eigenvalue weighted by atomic mass is 31.2. The average Bonchev–Trinajstić information content (AvgIpc) is 2.58. The van der Waals surface area contributed by atoms with E-state index in [0.29, 0.717) is 5.57 Å². The van der Waals surface area contributed by atoms with Gasteiger partial charge >= 0.3 is 0 Å². The molecule has 0 fully saturated rings. The van der Waals surface area contributed by atoms with Gasteiger partial charge < -0.3 is 4.98 Å². The number of hydrogen-bond acceptors (Lipinski definition) is 2. The van der Waals surface area contributed by atoms with Crippen LogP contribution in [0.3, 0.4) is 0 Å². The second-order valence-corrected chi connectivity index (χ2v) is 5.68. The van der Waals surface area contributed by atoms with Crippen LogP contribution in [0.5, 0.6) is 0 Å². The lowest BCUT2D eigenvalue weighted by atomic mass is 10.7. The maximum absolute atomic E-state index is 12.3. The molecule has 0 radical (unpaired) electrons. The third kappa shape index (κ3) is 2.01. The summed E-state index contributed by atoms with van der Waals surface area (Å²) in [6.45, 7) is 7.32. The third-order valence-corrected chi connectivity index (χ3v) is 4.82. The molecule has 1 aromatic heterocycles. The second-order valence-electron chi connectivity index (χ2n) is 2.93. The van der Waals surface area contributed by atoms with Crippen molar-refractivity contribution in [2.45, 2.75) is 13.8 Å². The van der Waals surface area contributed by atoms with E-state index in [9.17, 15) is 4.57 Å². The third-order valence-electron chi connectivity index (χ3n) is 2.15. The Morgan fingerprint density at radius 3 is 2.54 bits per heavy atom. The standard InChI is InChI=1S/C8H16N3OP/c1-4-11(5-2)13(3,12)8-9-6-7-10-8/h6-7H,4-5H2,1-3H3,(H,9,10)/t13-/m1/s1. The predicted molar refractivity (Wildman–Crippen MR) is 54.7 cm³/mol. The zero-order valence-corrected chi connectivity index (χ0v) is 9.21. The van der Waals surface area contributed by atoms with Crippen molar-refractivity contribution in [3.05, 3.63) is 12.4 Å². The van der Waals surface area contributed by atoms with Crippen LogP contribution in [0.15, 0.2) is 12.4 Å². The van der Waals surface area contributed by atoms with E-state index in [-0.39, 0.29) is 0 Å². The van der Waals surface area contributed by atoms with E-state index in [0.717, 1.165) is 13.1 Å². The molecule has 1 N–H and O–H groups in total. The van der Waals surface area contributed by atoms with Gasteiger partial charge in [-0.3, -0.25) is 4.57 Å². The highest BCUT2D eigenvalue weighted by Gasteiger charge is 2.26. The minimum absolute atomic E-state index is 0.594. The zero-order chi connectivity index (χ0) is 9.90. The van der Waals surface area contributed by atoms with E-state index < -0.39 is 7.29 Å². The van der Waals surface area contributed by atoms with Crippen LogP contribution in [0.1, 0.15) is 13.8 Å². The molecule has 74 valence electrons. The zero-order valence-electron chi connectivity index (χ0n) is 8.32. The maximum Gasteiger partial charge on any atom is 0.209 e. The van der Waals surface area contributed by atoms with E-state index >= 15 is 0 Å². The summed E-state index contributed by atoms with van der Waals surface area (Å²) < 4.78 is 14.2. The quantitative estimate of drug-likeness (QED) is 0.746.